The van der Waals surface area contributed by atoms with Gasteiger partial charge in [0, 0.05) is 12.4 Å². The van der Waals surface area contributed by atoms with Crippen LogP contribution < -0.4 is 5.32 Å². The molecule has 0 amide bonds. The fourth-order valence-electron chi connectivity index (χ4n) is 2.77. The van der Waals surface area contributed by atoms with Gasteiger partial charge in [-0.25, -0.2) is 9.78 Å². The molecule has 4 rings (SSSR count). The number of anilines is 2. The zero-order chi connectivity index (χ0) is 18.1. The van der Waals surface area contributed by atoms with Crippen LogP contribution in [0, 0.1) is 6.92 Å². The number of nitrogens with one attached hydrogen (secondary N) is 1. The molecule has 0 radical (unpaired) electrons. The molecule has 0 bridgehead atoms. The number of benzene rings is 1. The summed E-state index contributed by atoms with van der Waals surface area (Å²) in [7, 11) is 1.36. The second kappa shape index (κ2) is 6.36. The molecule has 0 fully saturated rings. The Hall–Kier alpha value is -3.61. The molecule has 26 heavy (non-hydrogen) atoms. The van der Waals surface area contributed by atoms with E-state index >= 15 is 0 Å². The minimum absolute atomic E-state index is 0.418. The highest BCUT2D eigenvalue weighted by Crippen LogP contribution is 2.33. The van der Waals surface area contributed by atoms with Gasteiger partial charge < -0.3 is 14.5 Å². The van der Waals surface area contributed by atoms with Crippen molar-refractivity contribution >= 4 is 23.1 Å². The molecule has 3 heterocycles. The van der Waals surface area contributed by atoms with Crippen molar-refractivity contribution in [3.63, 3.8) is 0 Å². The van der Waals surface area contributed by atoms with Gasteiger partial charge in [0.05, 0.1) is 24.6 Å². The van der Waals surface area contributed by atoms with Gasteiger partial charge in [-0.2, -0.15) is 0 Å². The maximum Gasteiger partial charge on any atom is 0.339 e. The van der Waals surface area contributed by atoms with Crippen molar-refractivity contribution in [1.29, 1.82) is 0 Å². The van der Waals surface area contributed by atoms with Gasteiger partial charge in [-0.15, -0.1) is 0 Å². The van der Waals surface area contributed by atoms with Gasteiger partial charge in [0.15, 0.2) is 11.4 Å². The fourth-order valence-corrected chi connectivity index (χ4v) is 2.77. The lowest BCUT2D eigenvalue weighted by Gasteiger charge is -2.11. The normalized spacial score (nSPS) is 10.8. The zero-order valence-corrected chi connectivity index (χ0v) is 14.3. The van der Waals surface area contributed by atoms with Crippen LogP contribution in [0.2, 0.25) is 0 Å². The molecule has 4 aromatic rings. The van der Waals surface area contributed by atoms with E-state index in [-0.39, 0.29) is 0 Å². The monoisotopic (exact) mass is 348 g/mol. The molecule has 0 aliphatic heterocycles. The summed E-state index contributed by atoms with van der Waals surface area (Å²) in [5, 5.41) is 3.30. The molecule has 0 aliphatic rings. The van der Waals surface area contributed by atoms with Crippen LogP contribution in [-0.2, 0) is 4.74 Å². The van der Waals surface area contributed by atoms with Crippen molar-refractivity contribution in [2.75, 3.05) is 12.4 Å². The Bertz CT molecular complexity index is 1100. The van der Waals surface area contributed by atoms with Crippen LogP contribution in [0.1, 0.15) is 16.1 Å². The van der Waals surface area contributed by atoms with Crippen molar-refractivity contribution in [2.24, 2.45) is 0 Å². The summed E-state index contributed by atoms with van der Waals surface area (Å²) >= 11 is 0. The van der Waals surface area contributed by atoms with E-state index in [9.17, 15) is 4.79 Å². The number of ether oxygens (including phenoxy) is 1. The van der Waals surface area contributed by atoms with Gasteiger partial charge in [0.1, 0.15) is 17.3 Å². The highest BCUT2D eigenvalue weighted by molar-refractivity contribution is 5.97. The van der Waals surface area contributed by atoms with Crippen LogP contribution in [0.4, 0.5) is 11.5 Å². The molecule has 1 N–H and O–H groups in total. The molecular weight excluding hydrogens is 332 g/mol. The molecule has 0 spiro atoms. The van der Waals surface area contributed by atoms with Crippen LogP contribution in [0.3, 0.4) is 0 Å². The molecule has 0 atom stereocenters. The predicted molar refractivity (Wildman–Crippen MR) is 96.5 cm³/mol. The lowest BCUT2D eigenvalue weighted by molar-refractivity contribution is 0.0602. The lowest BCUT2D eigenvalue weighted by Crippen LogP contribution is -2.06. The standard InChI is InChI=1S/C19H16N4O3/c1-12-7-8-15(26-12)17-18(23-10-9-20-11-16(23)22-17)21-14-6-4-3-5-13(14)19(24)25-2/h3-11,21H,1-2H3. The zero-order valence-electron chi connectivity index (χ0n) is 14.3. The number of esters is 1. The number of methoxy groups -OCH3 is 1. The number of aryl methyl sites for hydroxylation is 1. The van der Waals surface area contributed by atoms with Crippen molar-refractivity contribution in [3.8, 4) is 11.5 Å². The topological polar surface area (TPSA) is 81.7 Å². The first kappa shape index (κ1) is 15.9. The quantitative estimate of drug-likeness (QED) is 0.565. The third kappa shape index (κ3) is 2.69. The number of imidazole rings is 1. The van der Waals surface area contributed by atoms with Gasteiger partial charge in [-0.1, -0.05) is 12.1 Å². The minimum atomic E-state index is -0.418. The molecule has 0 unspecified atom stereocenters. The van der Waals surface area contributed by atoms with Crippen molar-refractivity contribution < 1.29 is 13.9 Å². The average molecular weight is 348 g/mol. The number of aromatic nitrogens is 3. The largest absolute Gasteiger partial charge is 0.465 e. The first-order valence-corrected chi connectivity index (χ1v) is 8.00. The van der Waals surface area contributed by atoms with Gasteiger partial charge in [-0.3, -0.25) is 9.38 Å². The lowest BCUT2D eigenvalue weighted by atomic mass is 10.1. The molecule has 3 aromatic heterocycles. The Kier molecular flexibility index (Phi) is 3.89. The van der Waals surface area contributed by atoms with E-state index in [1.807, 2.05) is 35.6 Å². The van der Waals surface area contributed by atoms with Gasteiger partial charge in [0.2, 0.25) is 0 Å². The van der Waals surface area contributed by atoms with Gasteiger partial charge in [-0.05, 0) is 31.2 Å². The Balaban J connectivity index is 1.88. The predicted octanol–water partition coefficient (Wildman–Crippen LogP) is 3.83. The molecule has 7 heteroatoms. The average Bonchev–Trinajstić information content (AvgIpc) is 3.25. The summed E-state index contributed by atoms with van der Waals surface area (Å²) in [6, 6.07) is 10.9. The van der Waals surface area contributed by atoms with E-state index in [4.69, 9.17) is 9.15 Å². The number of fused-ring (bicyclic) bond motifs is 1. The molecule has 0 saturated heterocycles. The summed E-state index contributed by atoms with van der Waals surface area (Å²) in [5.41, 5.74) is 2.34. The Morgan fingerprint density at radius 1 is 1.23 bits per heavy atom. The summed E-state index contributed by atoms with van der Waals surface area (Å²) < 4.78 is 12.5. The summed E-state index contributed by atoms with van der Waals surface area (Å²) in [5.74, 6) is 1.67. The molecule has 0 aliphatic carbocycles. The smallest absolute Gasteiger partial charge is 0.339 e. The summed E-state index contributed by atoms with van der Waals surface area (Å²) in [6.45, 7) is 1.88. The highest BCUT2D eigenvalue weighted by Gasteiger charge is 2.19. The number of hydrogen-bond donors (Lipinski definition) is 1. The maximum absolute atomic E-state index is 12.1. The van der Waals surface area contributed by atoms with Crippen LogP contribution in [0.25, 0.3) is 17.1 Å². The van der Waals surface area contributed by atoms with E-state index < -0.39 is 5.97 Å². The van der Waals surface area contributed by atoms with E-state index in [1.165, 1.54) is 7.11 Å². The summed E-state index contributed by atoms with van der Waals surface area (Å²) in [6.07, 6.45) is 5.13. The van der Waals surface area contributed by atoms with Crippen molar-refractivity contribution in [1.82, 2.24) is 14.4 Å². The van der Waals surface area contributed by atoms with E-state index in [1.54, 1.807) is 30.7 Å². The fraction of sp³-hybridized carbons (Fsp3) is 0.105. The van der Waals surface area contributed by atoms with Crippen molar-refractivity contribution in [2.45, 2.75) is 6.92 Å². The third-order valence-corrected chi connectivity index (χ3v) is 3.99. The summed E-state index contributed by atoms with van der Waals surface area (Å²) in [4.78, 5) is 20.8. The second-order valence-corrected chi connectivity index (χ2v) is 5.69. The first-order valence-electron chi connectivity index (χ1n) is 8.00. The Morgan fingerprint density at radius 2 is 2.08 bits per heavy atom. The Morgan fingerprint density at radius 3 is 2.85 bits per heavy atom. The SMILES string of the molecule is COC(=O)c1ccccc1Nc1c(-c2ccc(C)o2)nc2cnccn12. The van der Waals surface area contributed by atoms with Gasteiger partial charge >= 0.3 is 5.97 Å². The number of carbonyl (C=O) groups is 1. The first-order chi connectivity index (χ1) is 12.7. The van der Waals surface area contributed by atoms with Crippen LogP contribution in [0.15, 0.2) is 59.4 Å². The minimum Gasteiger partial charge on any atom is -0.465 e. The number of carbonyl (C=O) groups excluding carboxylic acids is 1. The number of rotatable bonds is 4. The molecular formula is C19H16N4O3. The number of hydrogen-bond acceptors (Lipinski definition) is 6. The van der Waals surface area contributed by atoms with Crippen LogP contribution in [0.5, 0.6) is 0 Å². The van der Waals surface area contributed by atoms with E-state index in [0.717, 1.165) is 5.76 Å². The maximum atomic E-state index is 12.1. The van der Waals surface area contributed by atoms with Crippen molar-refractivity contribution in [3.05, 3.63) is 66.3 Å². The molecule has 1 aromatic carbocycles. The third-order valence-electron chi connectivity index (χ3n) is 3.99. The highest BCUT2D eigenvalue weighted by atomic mass is 16.5. The number of para-hydroxylation sites is 1. The van der Waals surface area contributed by atoms with E-state index in [0.29, 0.717) is 34.2 Å². The number of furan rings is 1. The molecule has 7 nitrogen and oxygen atoms in total. The number of nitrogens with zero attached hydrogens (tertiary/aromatic N) is 3. The Labute approximate surface area is 149 Å². The van der Waals surface area contributed by atoms with Crippen LogP contribution in [-0.4, -0.2) is 27.4 Å². The molecule has 130 valence electrons. The van der Waals surface area contributed by atoms with Crippen LogP contribution >= 0.6 is 0 Å². The molecule has 0 saturated carbocycles. The second-order valence-electron chi connectivity index (χ2n) is 5.69. The van der Waals surface area contributed by atoms with Gasteiger partial charge in [0.25, 0.3) is 0 Å². The van der Waals surface area contributed by atoms with E-state index in [2.05, 4.69) is 15.3 Å².